The molecule has 0 radical (unpaired) electrons. The van der Waals surface area contributed by atoms with Crippen LogP contribution >= 0.6 is 0 Å². The molecule has 1 aromatic rings. The van der Waals surface area contributed by atoms with E-state index in [1.165, 1.54) is 0 Å². The van der Waals surface area contributed by atoms with Crippen LogP contribution in [-0.2, 0) is 0 Å². The normalized spacial score (nSPS) is 17.1. The monoisotopic (exact) mass is 274 g/mol. The van der Waals surface area contributed by atoms with Gasteiger partial charge in [-0.25, -0.2) is 0 Å². The average molecular weight is 274 g/mol. The second-order valence-electron chi connectivity index (χ2n) is 5.45. The van der Waals surface area contributed by atoms with Gasteiger partial charge in [0.05, 0.1) is 12.7 Å². The molecule has 1 aromatic carbocycles. The molecule has 1 aliphatic carbocycles. The number of rotatable bonds is 8. The summed E-state index contributed by atoms with van der Waals surface area (Å²) in [5, 5.41) is 12.6. The van der Waals surface area contributed by atoms with Crippen LogP contribution in [-0.4, -0.2) is 24.8 Å². The number of nitriles is 1. The second-order valence-corrected chi connectivity index (χ2v) is 5.45. The summed E-state index contributed by atoms with van der Waals surface area (Å²) in [6, 6.07) is 10.4. The van der Waals surface area contributed by atoms with Gasteiger partial charge < -0.3 is 9.47 Å². The SMILES string of the molecule is CCCOc1ccccc1OCC(C)(C#N)NC1CC1. The largest absolute Gasteiger partial charge is 0.490 e. The van der Waals surface area contributed by atoms with Gasteiger partial charge in [0.2, 0.25) is 0 Å². The first-order valence-electron chi connectivity index (χ1n) is 7.20. The summed E-state index contributed by atoms with van der Waals surface area (Å²) in [6.45, 7) is 4.92. The van der Waals surface area contributed by atoms with Gasteiger partial charge in [0.1, 0.15) is 12.1 Å². The molecular weight excluding hydrogens is 252 g/mol. The van der Waals surface area contributed by atoms with E-state index >= 15 is 0 Å². The van der Waals surface area contributed by atoms with Gasteiger partial charge in [0.25, 0.3) is 0 Å². The number of benzene rings is 1. The van der Waals surface area contributed by atoms with Crippen molar-refractivity contribution in [1.82, 2.24) is 5.32 Å². The van der Waals surface area contributed by atoms with Crippen LogP contribution < -0.4 is 14.8 Å². The molecule has 0 amide bonds. The molecule has 1 saturated carbocycles. The summed E-state index contributed by atoms with van der Waals surface area (Å²) < 4.78 is 11.5. The van der Waals surface area contributed by atoms with Gasteiger partial charge in [0.15, 0.2) is 11.5 Å². The van der Waals surface area contributed by atoms with Crippen LogP contribution in [0.2, 0.25) is 0 Å². The van der Waals surface area contributed by atoms with Crippen molar-refractivity contribution in [3.8, 4) is 17.6 Å². The molecule has 0 aromatic heterocycles. The van der Waals surface area contributed by atoms with Crippen LogP contribution in [0.3, 0.4) is 0 Å². The Morgan fingerprint density at radius 3 is 2.50 bits per heavy atom. The molecule has 1 atom stereocenters. The fourth-order valence-corrected chi connectivity index (χ4v) is 1.91. The highest BCUT2D eigenvalue weighted by Crippen LogP contribution is 2.28. The zero-order chi connectivity index (χ0) is 14.4. The van der Waals surface area contributed by atoms with Gasteiger partial charge in [-0.1, -0.05) is 19.1 Å². The van der Waals surface area contributed by atoms with Crippen molar-refractivity contribution in [2.24, 2.45) is 0 Å². The van der Waals surface area contributed by atoms with Crippen LogP contribution in [0.15, 0.2) is 24.3 Å². The lowest BCUT2D eigenvalue weighted by Crippen LogP contribution is -2.47. The van der Waals surface area contributed by atoms with E-state index in [4.69, 9.17) is 9.47 Å². The van der Waals surface area contributed by atoms with Crippen LogP contribution in [0.5, 0.6) is 11.5 Å². The molecule has 4 heteroatoms. The number of hydrogen-bond donors (Lipinski definition) is 1. The maximum Gasteiger partial charge on any atom is 0.161 e. The fraction of sp³-hybridized carbons (Fsp3) is 0.562. The highest BCUT2D eigenvalue weighted by molar-refractivity contribution is 5.39. The van der Waals surface area contributed by atoms with E-state index in [1.54, 1.807) is 0 Å². The van der Waals surface area contributed by atoms with Crippen LogP contribution in [0.25, 0.3) is 0 Å². The first-order valence-corrected chi connectivity index (χ1v) is 7.20. The second kappa shape index (κ2) is 6.62. The zero-order valence-electron chi connectivity index (χ0n) is 12.2. The van der Waals surface area contributed by atoms with Crippen molar-refractivity contribution in [2.45, 2.75) is 44.7 Å². The fourth-order valence-electron chi connectivity index (χ4n) is 1.91. The summed E-state index contributed by atoms with van der Waals surface area (Å²) in [4.78, 5) is 0. The van der Waals surface area contributed by atoms with Crippen molar-refractivity contribution in [3.05, 3.63) is 24.3 Å². The number of para-hydroxylation sites is 2. The van der Waals surface area contributed by atoms with E-state index in [0.29, 0.717) is 25.0 Å². The molecule has 1 fully saturated rings. The van der Waals surface area contributed by atoms with E-state index in [2.05, 4.69) is 18.3 Å². The Morgan fingerprint density at radius 2 is 1.95 bits per heavy atom. The molecule has 0 aliphatic heterocycles. The highest BCUT2D eigenvalue weighted by atomic mass is 16.5. The third-order valence-electron chi connectivity index (χ3n) is 3.17. The van der Waals surface area contributed by atoms with Crippen LogP contribution in [0.4, 0.5) is 0 Å². The molecule has 0 bridgehead atoms. The Kier molecular flexibility index (Phi) is 4.86. The van der Waals surface area contributed by atoms with Gasteiger partial charge in [-0.15, -0.1) is 0 Å². The maximum absolute atomic E-state index is 9.33. The lowest BCUT2D eigenvalue weighted by Gasteiger charge is -2.24. The maximum atomic E-state index is 9.33. The molecule has 1 aliphatic rings. The van der Waals surface area contributed by atoms with Crippen LogP contribution in [0, 0.1) is 11.3 Å². The lowest BCUT2D eigenvalue weighted by molar-refractivity contribution is 0.217. The summed E-state index contributed by atoms with van der Waals surface area (Å²) in [7, 11) is 0. The van der Waals surface area contributed by atoms with Gasteiger partial charge in [0, 0.05) is 6.04 Å². The summed E-state index contributed by atoms with van der Waals surface area (Å²) in [5.74, 6) is 1.43. The molecular formula is C16H22N2O2. The molecule has 108 valence electrons. The van der Waals surface area contributed by atoms with Gasteiger partial charge in [-0.05, 0) is 38.3 Å². The van der Waals surface area contributed by atoms with E-state index in [-0.39, 0.29) is 0 Å². The van der Waals surface area contributed by atoms with E-state index < -0.39 is 5.54 Å². The predicted molar refractivity (Wildman–Crippen MR) is 77.9 cm³/mol. The Bertz CT molecular complexity index is 480. The third-order valence-corrected chi connectivity index (χ3v) is 3.17. The molecule has 2 rings (SSSR count). The summed E-state index contributed by atoms with van der Waals surface area (Å²) in [5.41, 5.74) is -0.654. The van der Waals surface area contributed by atoms with Gasteiger partial charge in [-0.2, -0.15) is 5.26 Å². The van der Waals surface area contributed by atoms with Crippen LogP contribution in [0.1, 0.15) is 33.1 Å². The molecule has 20 heavy (non-hydrogen) atoms. The molecule has 4 nitrogen and oxygen atoms in total. The minimum absolute atomic E-state index is 0.312. The van der Waals surface area contributed by atoms with Crippen molar-refractivity contribution in [1.29, 1.82) is 5.26 Å². The first-order chi connectivity index (χ1) is 9.67. The Hall–Kier alpha value is -1.73. The Morgan fingerprint density at radius 1 is 1.30 bits per heavy atom. The minimum Gasteiger partial charge on any atom is -0.490 e. The minimum atomic E-state index is -0.654. The quantitative estimate of drug-likeness (QED) is 0.792. The van der Waals surface area contributed by atoms with E-state index in [9.17, 15) is 5.26 Å². The van der Waals surface area contributed by atoms with Crippen molar-refractivity contribution < 1.29 is 9.47 Å². The lowest BCUT2D eigenvalue weighted by atomic mass is 10.1. The number of ether oxygens (including phenoxy) is 2. The molecule has 0 saturated heterocycles. The topological polar surface area (TPSA) is 54.3 Å². The van der Waals surface area contributed by atoms with Crippen molar-refractivity contribution >= 4 is 0 Å². The number of nitrogens with one attached hydrogen (secondary N) is 1. The highest BCUT2D eigenvalue weighted by Gasteiger charge is 2.33. The molecule has 1 unspecified atom stereocenters. The first kappa shape index (κ1) is 14.7. The summed E-state index contributed by atoms with van der Waals surface area (Å²) >= 11 is 0. The molecule has 0 spiro atoms. The predicted octanol–water partition coefficient (Wildman–Crippen LogP) is 2.89. The average Bonchev–Trinajstić information content (AvgIpc) is 3.27. The molecule has 1 N–H and O–H groups in total. The standard InChI is InChI=1S/C16H22N2O2/c1-3-10-19-14-6-4-5-7-15(14)20-12-16(2,11-17)18-13-8-9-13/h4-7,13,18H,3,8-10,12H2,1-2H3. The van der Waals surface area contributed by atoms with Gasteiger partial charge in [-0.3, -0.25) is 5.32 Å². The third kappa shape index (κ3) is 4.14. The van der Waals surface area contributed by atoms with E-state index in [0.717, 1.165) is 25.0 Å². The number of nitrogens with zero attached hydrogens (tertiary/aromatic N) is 1. The van der Waals surface area contributed by atoms with Crippen molar-refractivity contribution in [3.63, 3.8) is 0 Å². The van der Waals surface area contributed by atoms with Gasteiger partial charge >= 0.3 is 0 Å². The number of hydrogen-bond acceptors (Lipinski definition) is 4. The smallest absolute Gasteiger partial charge is 0.161 e. The summed E-state index contributed by atoms with van der Waals surface area (Å²) in [6.07, 6.45) is 3.24. The Labute approximate surface area is 120 Å². The van der Waals surface area contributed by atoms with E-state index in [1.807, 2.05) is 31.2 Å². The Balaban J connectivity index is 1.96. The van der Waals surface area contributed by atoms with Crippen molar-refractivity contribution in [2.75, 3.05) is 13.2 Å². The zero-order valence-corrected chi connectivity index (χ0v) is 12.2. The molecule has 0 heterocycles.